The normalized spacial score (nSPS) is 21.8. The highest BCUT2D eigenvalue weighted by molar-refractivity contribution is 5.99. The number of likely N-dealkylation sites (tertiary alicyclic amines) is 4. The van der Waals surface area contributed by atoms with Gasteiger partial charge in [-0.25, -0.2) is 13.2 Å². The van der Waals surface area contributed by atoms with Gasteiger partial charge in [0.15, 0.2) is 0 Å². The molecule has 9 rings (SSSR count). The molecular formula is C56H62F3N7O4. The molecule has 14 heteroatoms. The third-order valence-electron chi connectivity index (χ3n) is 14.3. The van der Waals surface area contributed by atoms with E-state index in [-0.39, 0.29) is 43.6 Å². The third-order valence-corrected chi connectivity index (χ3v) is 14.3. The van der Waals surface area contributed by atoms with Crippen molar-refractivity contribution in [1.29, 1.82) is 0 Å². The molecule has 4 amide bonds. The number of hydrogen-bond acceptors (Lipinski definition) is 7. The maximum Gasteiger partial charge on any atom is 0.247 e. The second-order valence-electron chi connectivity index (χ2n) is 19.2. The quantitative estimate of drug-likeness (QED) is 0.108. The van der Waals surface area contributed by atoms with Gasteiger partial charge in [-0.15, -0.1) is 0 Å². The molecule has 0 bridgehead atoms. The highest BCUT2D eigenvalue weighted by atomic mass is 19.1. The number of benzene rings is 5. The molecule has 5 aromatic rings. The Balaban J connectivity index is 0.845. The molecule has 0 radical (unpaired) electrons. The van der Waals surface area contributed by atoms with E-state index in [0.717, 1.165) is 92.6 Å². The second-order valence-corrected chi connectivity index (χ2v) is 19.2. The van der Waals surface area contributed by atoms with Gasteiger partial charge in [0.05, 0.1) is 13.1 Å². The Hall–Kier alpha value is -6.51. The average molecular weight is 954 g/mol. The number of piperidine rings is 2. The molecule has 6 atom stereocenters. The minimum atomic E-state index is -1.32. The second kappa shape index (κ2) is 22.5. The van der Waals surface area contributed by atoms with Gasteiger partial charge in [-0.3, -0.25) is 29.0 Å². The fourth-order valence-electron chi connectivity index (χ4n) is 10.7. The lowest BCUT2D eigenvalue weighted by Gasteiger charge is -2.37. The van der Waals surface area contributed by atoms with E-state index in [0.29, 0.717) is 24.5 Å². The largest absolute Gasteiger partial charge is 0.363 e. The molecule has 0 aromatic heterocycles. The first-order valence-electron chi connectivity index (χ1n) is 24.8. The Morgan fingerprint density at radius 3 is 1.29 bits per heavy atom. The van der Waals surface area contributed by atoms with Gasteiger partial charge in [-0.05, 0) is 123 Å². The van der Waals surface area contributed by atoms with Gasteiger partial charge in [-0.2, -0.15) is 0 Å². The van der Waals surface area contributed by atoms with Crippen LogP contribution in [0.3, 0.4) is 0 Å². The zero-order valence-electron chi connectivity index (χ0n) is 39.5. The summed E-state index contributed by atoms with van der Waals surface area (Å²) in [7, 11) is 0. The van der Waals surface area contributed by atoms with Crippen LogP contribution in [0.2, 0.25) is 0 Å². The summed E-state index contributed by atoms with van der Waals surface area (Å²) in [6, 6.07) is 36.8. The Morgan fingerprint density at radius 2 is 0.900 bits per heavy atom. The zero-order chi connectivity index (χ0) is 48.6. The van der Waals surface area contributed by atoms with E-state index in [2.05, 4.69) is 25.3 Å². The molecule has 11 nitrogen and oxygen atoms in total. The highest BCUT2D eigenvalue weighted by Gasteiger charge is 2.45. The number of amides is 4. The lowest BCUT2D eigenvalue weighted by molar-refractivity contribution is -0.142. The zero-order valence-corrected chi connectivity index (χ0v) is 39.5. The van der Waals surface area contributed by atoms with Crippen molar-refractivity contribution in [3.63, 3.8) is 0 Å². The van der Waals surface area contributed by atoms with Gasteiger partial charge in [0.2, 0.25) is 23.6 Å². The van der Waals surface area contributed by atoms with Crippen molar-refractivity contribution < 1.29 is 32.3 Å². The topological polar surface area (TPSA) is 109 Å². The van der Waals surface area contributed by atoms with Crippen LogP contribution in [0.5, 0.6) is 0 Å². The van der Waals surface area contributed by atoms with E-state index in [9.17, 15) is 23.6 Å². The Labute approximate surface area is 408 Å². The van der Waals surface area contributed by atoms with E-state index in [1.807, 2.05) is 84.9 Å². The number of rotatable bonds is 15. The summed E-state index contributed by atoms with van der Waals surface area (Å²) in [6.45, 7) is 3.60. The van der Waals surface area contributed by atoms with Gasteiger partial charge >= 0.3 is 0 Å². The monoisotopic (exact) mass is 953 g/mol. The van der Waals surface area contributed by atoms with Gasteiger partial charge in [-0.1, -0.05) is 97.8 Å². The number of hydrogen-bond donors (Lipinski definition) is 2. The smallest absolute Gasteiger partial charge is 0.247 e. The maximum absolute atomic E-state index is 15.1. The summed E-state index contributed by atoms with van der Waals surface area (Å²) >= 11 is 0. The van der Waals surface area contributed by atoms with Crippen LogP contribution >= 0.6 is 0 Å². The molecule has 4 aliphatic rings. The fourth-order valence-corrected chi connectivity index (χ4v) is 10.7. The molecule has 2 N–H and O–H groups in total. The minimum Gasteiger partial charge on any atom is -0.363 e. The van der Waals surface area contributed by atoms with Crippen LogP contribution in [0.4, 0.5) is 30.2 Å². The third kappa shape index (κ3) is 11.6. The first-order chi connectivity index (χ1) is 34.1. The van der Waals surface area contributed by atoms with Crippen LogP contribution < -0.4 is 15.5 Å². The van der Waals surface area contributed by atoms with Crippen molar-refractivity contribution >= 4 is 40.7 Å². The number of anilines is 3. The molecule has 5 aromatic carbocycles. The molecule has 366 valence electrons. The number of halogens is 3. The molecule has 0 spiro atoms. The number of carbonyl (C=O) groups excluding carboxylic acids is 4. The summed E-state index contributed by atoms with van der Waals surface area (Å²) < 4.78 is 44.4. The summed E-state index contributed by atoms with van der Waals surface area (Å²) in [6.07, 6.45) is 3.30. The lowest BCUT2D eigenvalue weighted by atomic mass is 10.00. The molecular weight excluding hydrogens is 892 g/mol. The van der Waals surface area contributed by atoms with Gasteiger partial charge in [0.25, 0.3) is 0 Å². The first kappa shape index (κ1) is 48.5. The first-order valence-corrected chi connectivity index (χ1v) is 24.8. The molecule has 4 heterocycles. The van der Waals surface area contributed by atoms with E-state index in [4.69, 9.17) is 0 Å². The van der Waals surface area contributed by atoms with Crippen molar-refractivity contribution in [2.75, 3.05) is 54.8 Å². The van der Waals surface area contributed by atoms with Crippen molar-refractivity contribution in [3.05, 3.63) is 162 Å². The molecule has 4 fully saturated rings. The number of carbonyl (C=O) groups is 4. The van der Waals surface area contributed by atoms with Crippen molar-refractivity contribution in [2.45, 2.75) is 101 Å². The molecule has 70 heavy (non-hydrogen) atoms. The highest BCUT2D eigenvalue weighted by Crippen LogP contribution is 2.34. The van der Waals surface area contributed by atoms with Gasteiger partial charge < -0.3 is 25.3 Å². The summed E-state index contributed by atoms with van der Waals surface area (Å²) in [5, 5.41) is 5.88. The standard InChI is InChI=1S/C56H62F3N7O4/c57-43-21-27-48(28-22-43)64(35-39-17-23-46(24-18-39)60-53(67)49-33-44(58)37-65(49)55(69)51(41-13-5-1-6-14-41)62-29-9-3-10-30-62)36-40-19-25-47(26-20-40)61-54(68)50-34-45(59)38-66(50)56(70)52(42-15-7-2-8-16-42)63-31-11-4-12-32-63/h1-2,5-8,13-28,44-45,49-52H,3-4,9-12,29-38H2,(H,60,67)(H,61,68)/t44?,45?,49?,50?,51-,52-/m1/s1. The van der Waals surface area contributed by atoms with Crippen LogP contribution in [0.25, 0.3) is 0 Å². The van der Waals surface area contributed by atoms with Crippen molar-refractivity contribution in [3.8, 4) is 0 Å². The van der Waals surface area contributed by atoms with Crippen LogP contribution in [0.15, 0.2) is 133 Å². The fraction of sp³-hybridized carbons (Fsp3) is 0.393. The van der Waals surface area contributed by atoms with Crippen LogP contribution in [0.1, 0.15) is 85.7 Å². The van der Waals surface area contributed by atoms with Gasteiger partial charge in [0, 0.05) is 43.0 Å². The Bertz CT molecular complexity index is 2390. The van der Waals surface area contributed by atoms with E-state index < -0.39 is 48.3 Å². The summed E-state index contributed by atoms with van der Waals surface area (Å²) in [5.41, 5.74) is 5.26. The molecule has 4 unspecified atom stereocenters. The summed E-state index contributed by atoms with van der Waals surface area (Å²) in [4.78, 5) is 65.5. The Kier molecular flexibility index (Phi) is 15.6. The molecule has 0 saturated carbocycles. The molecule has 4 saturated heterocycles. The van der Waals surface area contributed by atoms with Gasteiger partial charge in [0.1, 0.15) is 42.3 Å². The van der Waals surface area contributed by atoms with Crippen LogP contribution in [-0.2, 0) is 32.3 Å². The average Bonchev–Trinajstić information content (AvgIpc) is 3.99. The Morgan fingerprint density at radius 1 is 0.514 bits per heavy atom. The number of nitrogens with zero attached hydrogens (tertiary/aromatic N) is 5. The number of nitrogens with one attached hydrogen (secondary N) is 2. The maximum atomic E-state index is 15.1. The van der Waals surface area contributed by atoms with Crippen molar-refractivity contribution in [1.82, 2.24) is 19.6 Å². The molecule has 0 aliphatic carbocycles. The van der Waals surface area contributed by atoms with E-state index in [1.54, 1.807) is 36.4 Å². The predicted molar refractivity (Wildman–Crippen MR) is 266 cm³/mol. The molecule has 4 aliphatic heterocycles. The van der Waals surface area contributed by atoms with E-state index >= 15 is 8.78 Å². The minimum absolute atomic E-state index is 0.0780. The SMILES string of the molecule is O=C(Nc1ccc(CN(Cc2ccc(NC(=O)C3CC(F)CN3C(=O)[C@@H](c3ccccc3)N3CCCCC3)cc2)c2ccc(F)cc2)cc1)C1CC(F)CN1C(=O)[C@@H](c1ccccc1)N1CCCCC1. The van der Waals surface area contributed by atoms with Crippen LogP contribution in [0, 0.1) is 5.82 Å². The lowest BCUT2D eigenvalue weighted by Crippen LogP contribution is -2.49. The summed E-state index contributed by atoms with van der Waals surface area (Å²) in [5.74, 6) is -1.76. The van der Waals surface area contributed by atoms with Crippen molar-refractivity contribution in [2.24, 2.45) is 0 Å². The predicted octanol–water partition coefficient (Wildman–Crippen LogP) is 9.24. The van der Waals surface area contributed by atoms with E-state index in [1.165, 1.54) is 21.9 Å². The number of alkyl halides is 2. The van der Waals surface area contributed by atoms with Crippen LogP contribution in [-0.4, -0.2) is 107 Å².